The lowest BCUT2D eigenvalue weighted by Crippen LogP contribution is -2.39. The molecule has 0 spiro atoms. The lowest BCUT2D eigenvalue weighted by molar-refractivity contribution is 0.0816. The second-order valence-corrected chi connectivity index (χ2v) is 23.0. The molecule has 2 aromatic heterocycles. The van der Waals surface area contributed by atoms with Gasteiger partial charge in [0, 0.05) is 32.5 Å². The molecule has 1 aliphatic rings. The molecule has 0 amide bonds. The van der Waals surface area contributed by atoms with Gasteiger partial charge in [-0.1, -0.05) is 37.8 Å². The second-order valence-electron chi connectivity index (χ2n) is 13.1. The summed E-state index contributed by atoms with van der Waals surface area (Å²) in [5.74, 6) is 0.305. The zero-order valence-electron chi connectivity index (χ0n) is 26.3. The number of nitrogens with zero attached hydrogens (tertiary/aromatic N) is 4. The number of aryl methyl sites for hydroxylation is 1. The van der Waals surface area contributed by atoms with Gasteiger partial charge in [-0.15, -0.1) is 0 Å². The maximum atomic E-state index is 14.2. The van der Waals surface area contributed by atoms with E-state index in [-0.39, 0.29) is 18.1 Å². The molecule has 1 N–H and O–H groups in total. The Labute approximate surface area is 265 Å². The predicted molar refractivity (Wildman–Crippen MR) is 179 cm³/mol. The molecule has 4 aromatic rings. The largest absolute Gasteiger partial charge is 0.380 e. The van der Waals surface area contributed by atoms with Gasteiger partial charge in [0.2, 0.25) is 10.0 Å². The molecular weight excluding hydrogens is 629 g/mol. The van der Waals surface area contributed by atoms with E-state index in [2.05, 4.69) is 25.7 Å². The fourth-order valence-corrected chi connectivity index (χ4v) is 8.93. The molecule has 0 aliphatic heterocycles. The first-order valence-corrected chi connectivity index (χ1v) is 21.6. The maximum absolute atomic E-state index is 14.2. The number of imidazole rings is 1. The van der Waals surface area contributed by atoms with Crippen LogP contribution in [0, 0.1) is 18.3 Å². The van der Waals surface area contributed by atoms with Crippen molar-refractivity contribution in [2.45, 2.75) is 63.5 Å². The Morgan fingerprint density at radius 2 is 1.89 bits per heavy atom. The molecule has 0 radical (unpaired) electrons. The Morgan fingerprint density at radius 1 is 1.16 bits per heavy atom. The molecule has 0 saturated carbocycles. The average molecular weight is 667 g/mol. The van der Waals surface area contributed by atoms with Gasteiger partial charge in [0.25, 0.3) is 0 Å². The SMILES string of the molecule is Cc1ccc(C(O)c2nc3cc(C#N)ccc3n2COCC[Si](C)(C)C)c2ccn(S(=O)(=O)C3(C)C=C(S(C)(=O)=O)C=CC3)c12. The van der Waals surface area contributed by atoms with Crippen molar-refractivity contribution in [1.82, 2.24) is 13.5 Å². The number of aliphatic hydroxyl groups is 1. The lowest BCUT2D eigenvalue weighted by Gasteiger charge is -2.29. The number of allylic oxidation sites excluding steroid dienone is 2. The van der Waals surface area contributed by atoms with Gasteiger partial charge in [-0.2, -0.15) is 5.26 Å². The third-order valence-corrected chi connectivity index (χ3v) is 13.3. The predicted octanol–water partition coefficient (Wildman–Crippen LogP) is 5.39. The summed E-state index contributed by atoms with van der Waals surface area (Å²) in [7, 11) is -9.12. The van der Waals surface area contributed by atoms with Crippen molar-refractivity contribution in [2.75, 3.05) is 12.9 Å². The highest BCUT2D eigenvalue weighted by Gasteiger charge is 2.41. The first-order chi connectivity index (χ1) is 21.0. The van der Waals surface area contributed by atoms with E-state index < -0.39 is 38.8 Å². The Bertz CT molecular complexity index is 2130. The number of benzene rings is 2. The number of rotatable bonds is 10. The van der Waals surface area contributed by atoms with Crippen molar-refractivity contribution in [2.24, 2.45) is 0 Å². The summed E-state index contributed by atoms with van der Waals surface area (Å²) in [6.45, 7) is 10.8. The van der Waals surface area contributed by atoms with Crippen LogP contribution in [0.2, 0.25) is 25.7 Å². The number of hydrogen-bond acceptors (Lipinski definition) is 8. The molecule has 2 heterocycles. The quantitative estimate of drug-likeness (QED) is 0.175. The third-order valence-electron chi connectivity index (χ3n) is 8.24. The highest BCUT2D eigenvalue weighted by atomic mass is 32.2. The molecule has 0 saturated heterocycles. The van der Waals surface area contributed by atoms with Gasteiger partial charge in [0.15, 0.2) is 9.84 Å². The first-order valence-electron chi connectivity index (χ1n) is 14.6. The smallest absolute Gasteiger partial charge is 0.248 e. The summed E-state index contributed by atoms with van der Waals surface area (Å²) in [5, 5.41) is 21.8. The van der Waals surface area contributed by atoms with Crippen LogP contribution in [-0.4, -0.2) is 61.1 Å². The Kier molecular flexibility index (Phi) is 8.52. The number of aromatic nitrogens is 3. The third kappa shape index (κ3) is 6.17. The van der Waals surface area contributed by atoms with Gasteiger partial charge in [0.05, 0.1) is 33.1 Å². The van der Waals surface area contributed by atoms with Crippen LogP contribution in [0.1, 0.15) is 42.0 Å². The Balaban J connectivity index is 1.61. The number of fused-ring (bicyclic) bond motifs is 2. The molecule has 0 bridgehead atoms. The normalized spacial score (nSPS) is 18.3. The van der Waals surface area contributed by atoms with E-state index in [4.69, 9.17) is 9.72 Å². The maximum Gasteiger partial charge on any atom is 0.248 e. The van der Waals surface area contributed by atoms with Crippen LogP contribution in [0.25, 0.3) is 21.9 Å². The molecule has 238 valence electrons. The number of ether oxygens (including phenoxy) is 1. The number of nitriles is 1. The topological polar surface area (TPSA) is 144 Å². The minimum atomic E-state index is -4.16. The minimum Gasteiger partial charge on any atom is -0.380 e. The van der Waals surface area contributed by atoms with Crippen molar-refractivity contribution in [1.29, 1.82) is 5.26 Å². The molecule has 10 nitrogen and oxygen atoms in total. The standard InChI is InChI=1S/C32H38N4O6S2Si/c1-22-9-11-26(25-13-15-36(29(22)25)44(40,41)32(2)14-7-8-24(19-32)43(3,38)39)30(37)31-34-27-18-23(20-33)10-12-28(27)35(31)21-42-16-17-45(4,5)6/h7-13,15,18-19,30,37H,14,16-17,21H2,1-6H3. The molecule has 45 heavy (non-hydrogen) atoms. The summed E-state index contributed by atoms with van der Waals surface area (Å²) in [6, 6.07) is 13.4. The molecule has 2 aromatic carbocycles. The van der Waals surface area contributed by atoms with Crippen molar-refractivity contribution in [3.63, 3.8) is 0 Å². The molecule has 13 heteroatoms. The van der Waals surface area contributed by atoms with Crippen LogP contribution in [0.15, 0.2) is 65.7 Å². The van der Waals surface area contributed by atoms with Crippen molar-refractivity contribution >= 4 is 49.9 Å². The zero-order valence-corrected chi connectivity index (χ0v) is 28.9. The number of aliphatic hydroxyl groups excluding tert-OH is 1. The van der Waals surface area contributed by atoms with E-state index in [9.17, 15) is 27.2 Å². The van der Waals surface area contributed by atoms with Crippen LogP contribution >= 0.6 is 0 Å². The van der Waals surface area contributed by atoms with Gasteiger partial charge < -0.3 is 14.4 Å². The van der Waals surface area contributed by atoms with Gasteiger partial charge in [-0.05, 0) is 73.9 Å². The molecule has 2 atom stereocenters. The van der Waals surface area contributed by atoms with E-state index in [0.717, 1.165) is 12.3 Å². The second kappa shape index (κ2) is 11.7. The summed E-state index contributed by atoms with van der Waals surface area (Å²) in [4.78, 5) is 4.67. The minimum absolute atomic E-state index is 0.0466. The van der Waals surface area contributed by atoms with E-state index in [1.165, 1.54) is 29.2 Å². The summed E-state index contributed by atoms with van der Waals surface area (Å²) in [5.41, 5.74) is 3.17. The van der Waals surface area contributed by atoms with E-state index in [0.29, 0.717) is 51.1 Å². The van der Waals surface area contributed by atoms with Crippen LogP contribution in [0.4, 0.5) is 0 Å². The van der Waals surface area contributed by atoms with Crippen LogP contribution in [-0.2, 0) is 31.3 Å². The Hall–Kier alpha value is -3.54. The van der Waals surface area contributed by atoms with Crippen molar-refractivity contribution < 1.29 is 26.7 Å². The van der Waals surface area contributed by atoms with Gasteiger partial charge >= 0.3 is 0 Å². The highest BCUT2D eigenvalue weighted by Crippen LogP contribution is 2.38. The lowest BCUT2D eigenvalue weighted by atomic mass is 10.0. The molecule has 1 aliphatic carbocycles. The van der Waals surface area contributed by atoms with Gasteiger partial charge in [-0.3, -0.25) is 0 Å². The van der Waals surface area contributed by atoms with Crippen molar-refractivity contribution in [3.8, 4) is 6.07 Å². The molecular formula is C32H38N4O6S2Si. The molecule has 0 fully saturated rings. The highest BCUT2D eigenvalue weighted by molar-refractivity contribution is 7.95. The Morgan fingerprint density at radius 3 is 2.56 bits per heavy atom. The van der Waals surface area contributed by atoms with Crippen LogP contribution in [0.5, 0.6) is 0 Å². The monoisotopic (exact) mass is 666 g/mol. The zero-order chi connectivity index (χ0) is 32.9. The van der Waals surface area contributed by atoms with Crippen molar-refractivity contribution in [3.05, 3.63) is 88.2 Å². The summed E-state index contributed by atoms with van der Waals surface area (Å²) >= 11 is 0. The summed E-state index contributed by atoms with van der Waals surface area (Å²) in [6.07, 6.45) is 5.64. The van der Waals surface area contributed by atoms with E-state index in [1.807, 2.05) is 0 Å². The van der Waals surface area contributed by atoms with Crippen LogP contribution in [0.3, 0.4) is 0 Å². The van der Waals surface area contributed by atoms with Gasteiger partial charge in [-0.25, -0.2) is 25.8 Å². The van der Waals surface area contributed by atoms with Gasteiger partial charge in [0.1, 0.15) is 23.4 Å². The van der Waals surface area contributed by atoms with E-state index >= 15 is 0 Å². The van der Waals surface area contributed by atoms with E-state index in [1.54, 1.807) is 54.0 Å². The fraction of sp³-hybridized carbons (Fsp3) is 0.375. The number of sulfone groups is 1. The fourth-order valence-electron chi connectivity index (χ4n) is 5.54. The van der Waals surface area contributed by atoms with Crippen LogP contribution < -0.4 is 0 Å². The first kappa shape index (κ1) is 32.8. The average Bonchev–Trinajstić information content (AvgIpc) is 3.57. The number of hydrogen-bond donors (Lipinski definition) is 1. The molecule has 2 unspecified atom stereocenters. The summed E-state index contributed by atoms with van der Waals surface area (Å²) < 4.78 is 60.4. The molecule has 5 rings (SSSR count).